The first-order chi connectivity index (χ1) is 10.2. The zero-order valence-electron chi connectivity index (χ0n) is 13.3. The van der Waals surface area contributed by atoms with Crippen LogP contribution in [0.1, 0.15) is 32.8 Å². The molecule has 0 saturated carbocycles. The predicted molar refractivity (Wildman–Crippen MR) is 93.8 cm³/mol. The average Bonchev–Trinajstić information content (AvgIpc) is 2.55. The standard InChI is InChI=1S/C16H21ClN2O2S/c1-16(2,3)19(15(20)21)12-8-10-7-11(17)5-6-13(10)18-14(9-12)22-4/h5-7,12H,8-9H2,1-4H3,(H,20,21). The van der Waals surface area contributed by atoms with Crippen molar-refractivity contribution in [1.82, 2.24) is 4.90 Å². The molecule has 6 heteroatoms. The lowest BCUT2D eigenvalue weighted by Crippen LogP contribution is -2.52. The van der Waals surface area contributed by atoms with E-state index in [1.165, 1.54) is 4.90 Å². The Morgan fingerprint density at radius 3 is 2.64 bits per heavy atom. The van der Waals surface area contributed by atoms with Gasteiger partial charge >= 0.3 is 6.09 Å². The zero-order valence-corrected chi connectivity index (χ0v) is 14.8. The number of aliphatic imine (C=N–C) groups is 1. The number of fused-ring (bicyclic) bond motifs is 1. The van der Waals surface area contributed by atoms with E-state index in [0.717, 1.165) is 16.3 Å². The molecule has 0 bridgehead atoms. The van der Waals surface area contributed by atoms with Crippen molar-refractivity contribution in [3.8, 4) is 0 Å². The Balaban J connectivity index is 2.47. The van der Waals surface area contributed by atoms with Gasteiger partial charge in [0.25, 0.3) is 0 Å². The highest BCUT2D eigenvalue weighted by Crippen LogP contribution is 2.33. The van der Waals surface area contributed by atoms with Gasteiger partial charge in [-0.05, 0) is 57.2 Å². The molecule has 4 nitrogen and oxygen atoms in total. The molecule has 1 heterocycles. The SMILES string of the molecule is CSC1=Nc2ccc(Cl)cc2CC(N(C(=O)O)C(C)(C)C)C1. The Hall–Kier alpha value is -1.20. The van der Waals surface area contributed by atoms with Crippen LogP contribution in [0.3, 0.4) is 0 Å². The first kappa shape index (κ1) is 17.2. The molecular formula is C16H21ClN2O2S. The van der Waals surface area contributed by atoms with Crippen LogP contribution in [0.15, 0.2) is 23.2 Å². The molecule has 0 radical (unpaired) electrons. The summed E-state index contributed by atoms with van der Waals surface area (Å²) in [5.74, 6) is 0. The van der Waals surface area contributed by atoms with Crippen LogP contribution in [0, 0.1) is 0 Å². The van der Waals surface area contributed by atoms with E-state index in [2.05, 4.69) is 4.99 Å². The number of nitrogens with zero attached hydrogens (tertiary/aromatic N) is 2. The summed E-state index contributed by atoms with van der Waals surface area (Å²) in [6.07, 6.45) is 2.31. The number of carbonyl (C=O) groups is 1. The zero-order chi connectivity index (χ0) is 16.5. The summed E-state index contributed by atoms with van der Waals surface area (Å²) in [5.41, 5.74) is 1.41. The van der Waals surface area contributed by atoms with Crippen molar-refractivity contribution < 1.29 is 9.90 Å². The van der Waals surface area contributed by atoms with E-state index in [1.807, 2.05) is 45.2 Å². The number of hydrogen-bond donors (Lipinski definition) is 1. The number of hydrogen-bond acceptors (Lipinski definition) is 3. The summed E-state index contributed by atoms with van der Waals surface area (Å²) in [7, 11) is 0. The summed E-state index contributed by atoms with van der Waals surface area (Å²) in [4.78, 5) is 18.0. The van der Waals surface area contributed by atoms with Crippen LogP contribution in [0.5, 0.6) is 0 Å². The third-order valence-corrected chi connectivity index (χ3v) is 4.65. The van der Waals surface area contributed by atoms with E-state index in [4.69, 9.17) is 11.6 Å². The molecule has 1 aliphatic heterocycles. The highest BCUT2D eigenvalue weighted by atomic mass is 35.5. The molecule has 1 atom stereocenters. The van der Waals surface area contributed by atoms with Crippen molar-refractivity contribution in [2.24, 2.45) is 4.99 Å². The second-order valence-electron chi connectivity index (χ2n) is 6.37. The molecule has 1 aromatic carbocycles. The molecular weight excluding hydrogens is 320 g/mol. The van der Waals surface area contributed by atoms with Gasteiger partial charge in [0, 0.05) is 23.0 Å². The maximum atomic E-state index is 11.8. The van der Waals surface area contributed by atoms with Crippen LogP contribution in [0.4, 0.5) is 10.5 Å². The number of rotatable bonds is 1. The topological polar surface area (TPSA) is 52.9 Å². The van der Waals surface area contributed by atoms with Crippen molar-refractivity contribution in [1.29, 1.82) is 0 Å². The lowest BCUT2D eigenvalue weighted by Gasteiger charge is -2.39. The summed E-state index contributed by atoms with van der Waals surface area (Å²) in [6.45, 7) is 5.75. The molecule has 22 heavy (non-hydrogen) atoms. The van der Waals surface area contributed by atoms with Crippen molar-refractivity contribution >= 4 is 40.2 Å². The van der Waals surface area contributed by atoms with E-state index in [0.29, 0.717) is 17.9 Å². The number of carboxylic acid groups (broad SMARTS) is 1. The Bertz CT molecular complexity index is 611. The van der Waals surface area contributed by atoms with Crippen LogP contribution in [-0.4, -0.2) is 39.0 Å². The summed E-state index contributed by atoms with van der Waals surface area (Å²) >= 11 is 7.66. The van der Waals surface area contributed by atoms with Crippen LogP contribution in [0.25, 0.3) is 0 Å². The normalized spacial score (nSPS) is 18.2. The minimum atomic E-state index is -0.900. The Morgan fingerprint density at radius 2 is 2.09 bits per heavy atom. The highest BCUT2D eigenvalue weighted by Gasteiger charge is 2.35. The number of amides is 1. The first-order valence-corrected chi connectivity index (χ1v) is 8.75. The Kier molecular flexibility index (Phi) is 5.07. The smallest absolute Gasteiger partial charge is 0.408 e. The quantitative estimate of drug-likeness (QED) is 0.796. The van der Waals surface area contributed by atoms with E-state index >= 15 is 0 Å². The third kappa shape index (κ3) is 3.76. The highest BCUT2D eigenvalue weighted by molar-refractivity contribution is 8.13. The van der Waals surface area contributed by atoms with Gasteiger partial charge in [0.05, 0.1) is 10.7 Å². The van der Waals surface area contributed by atoms with Crippen molar-refractivity contribution in [2.75, 3.05) is 6.26 Å². The molecule has 1 unspecified atom stereocenters. The number of benzene rings is 1. The van der Waals surface area contributed by atoms with Crippen LogP contribution in [-0.2, 0) is 6.42 Å². The molecule has 0 aromatic heterocycles. The summed E-state index contributed by atoms with van der Waals surface area (Å²) in [6, 6.07) is 5.46. The second-order valence-corrected chi connectivity index (χ2v) is 7.68. The third-order valence-electron chi connectivity index (χ3n) is 3.68. The van der Waals surface area contributed by atoms with Crippen molar-refractivity contribution in [3.05, 3.63) is 28.8 Å². The fourth-order valence-electron chi connectivity index (χ4n) is 2.84. The summed E-state index contributed by atoms with van der Waals surface area (Å²) in [5, 5.41) is 11.3. The molecule has 0 fully saturated rings. The summed E-state index contributed by atoms with van der Waals surface area (Å²) < 4.78 is 0. The molecule has 0 saturated heterocycles. The Morgan fingerprint density at radius 1 is 1.41 bits per heavy atom. The molecule has 0 aliphatic carbocycles. The molecule has 2 rings (SSSR count). The average molecular weight is 341 g/mol. The number of halogens is 1. The maximum absolute atomic E-state index is 11.8. The lowest BCUT2D eigenvalue weighted by molar-refractivity contribution is 0.0725. The van der Waals surface area contributed by atoms with Crippen LogP contribution >= 0.6 is 23.4 Å². The van der Waals surface area contributed by atoms with E-state index in [1.54, 1.807) is 11.8 Å². The van der Waals surface area contributed by atoms with Gasteiger partial charge in [-0.1, -0.05) is 11.6 Å². The van der Waals surface area contributed by atoms with Gasteiger partial charge in [-0.25, -0.2) is 9.79 Å². The molecule has 0 spiro atoms. The van der Waals surface area contributed by atoms with Crippen LogP contribution in [0.2, 0.25) is 5.02 Å². The monoisotopic (exact) mass is 340 g/mol. The lowest BCUT2D eigenvalue weighted by atomic mass is 9.97. The predicted octanol–water partition coefficient (Wildman–Crippen LogP) is 4.83. The fourth-order valence-corrected chi connectivity index (χ4v) is 3.58. The van der Waals surface area contributed by atoms with Crippen molar-refractivity contribution in [2.45, 2.75) is 45.2 Å². The van der Waals surface area contributed by atoms with Gasteiger partial charge in [0.1, 0.15) is 0 Å². The van der Waals surface area contributed by atoms with E-state index < -0.39 is 11.6 Å². The minimum Gasteiger partial charge on any atom is -0.465 e. The molecule has 1 N–H and O–H groups in total. The fraction of sp³-hybridized carbons (Fsp3) is 0.500. The molecule has 120 valence electrons. The maximum Gasteiger partial charge on any atom is 0.408 e. The van der Waals surface area contributed by atoms with Crippen molar-refractivity contribution in [3.63, 3.8) is 0 Å². The largest absolute Gasteiger partial charge is 0.465 e. The van der Waals surface area contributed by atoms with Gasteiger partial charge in [0.2, 0.25) is 0 Å². The van der Waals surface area contributed by atoms with Gasteiger partial charge in [-0.2, -0.15) is 0 Å². The molecule has 1 aromatic rings. The molecule has 1 aliphatic rings. The second kappa shape index (κ2) is 6.50. The van der Waals surface area contributed by atoms with Gasteiger partial charge in [0.15, 0.2) is 0 Å². The van der Waals surface area contributed by atoms with E-state index in [-0.39, 0.29) is 6.04 Å². The molecule has 1 amide bonds. The first-order valence-electron chi connectivity index (χ1n) is 7.14. The van der Waals surface area contributed by atoms with Gasteiger partial charge < -0.3 is 5.11 Å². The minimum absolute atomic E-state index is 0.150. The van der Waals surface area contributed by atoms with Gasteiger partial charge in [-0.15, -0.1) is 11.8 Å². The number of thioether (sulfide) groups is 1. The van der Waals surface area contributed by atoms with Gasteiger partial charge in [-0.3, -0.25) is 4.90 Å². The van der Waals surface area contributed by atoms with Crippen LogP contribution < -0.4 is 0 Å². The Labute approximate surface area is 140 Å². The van der Waals surface area contributed by atoms with E-state index in [9.17, 15) is 9.90 Å².